The lowest BCUT2D eigenvalue weighted by atomic mass is 9.87. The lowest BCUT2D eigenvalue weighted by molar-refractivity contribution is 0.158. The summed E-state index contributed by atoms with van der Waals surface area (Å²) in [6.07, 6.45) is 2.68. The molecule has 14 heavy (non-hydrogen) atoms. The van der Waals surface area contributed by atoms with E-state index in [1.54, 1.807) is 0 Å². The molecular formula is C13H18O. The smallest absolute Gasteiger partial charge is 0.0583 e. The molecule has 1 aromatic carbocycles. The molecule has 1 aliphatic rings. The third-order valence-corrected chi connectivity index (χ3v) is 3.10. The zero-order chi connectivity index (χ0) is 10.1. The Morgan fingerprint density at radius 2 is 2.07 bits per heavy atom. The van der Waals surface area contributed by atoms with Gasteiger partial charge >= 0.3 is 0 Å². The Morgan fingerprint density at radius 1 is 1.29 bits per heavy atom. The minimum Gasteiger partial charge on any atom is -0.393 e. The van der Waals surface area contributed by atoms with Crippen LogP contribution in [0.15, 0.2) is 18.2 Å². The molecule has 0 amide bonds. The molecule has 0 heterocycles. The topological polar surface area (TPSA) is 20.2 Å². The Morgan fingerprint density at radius 3 is 2.79 bits per heavy atom. The second kappa shape index (κ2) is 3.74. The van der Waals surface area contributed by atoms with E-state index in [1.807, 2.05) is 0 Å². The Labute approximate surface area is 85.8 Å². The van der Waals surface area contributed by atoms with Crippen molar-refractivity contribution in [3.05, 3.63) is 34.9 Å². The molecule has 1 nitrogen and oxygen atoms in total. The predicted molar refractivity (Wildman–Crippen MR) is 58.6 cm³/mol. The average molecular weight is 190 g/mol. The summed E-state index contributed by atoms with van der Waals surface area (Å²) in [7, 11) is 0. The lowest BCUT2D eigenvalue weighted by Gasteiger charge is -2.21. The zero-order valence-electron chi connectivity index (χ0n) is 8.96. The van der Waals surface area contributed by atoms with Gasteiger partial charge in [-0.25, -0.2) is 0 Å². The number of aliphatic hydroxyl groups excluding tert-OH is 1. The number of fused-ring (bicyclic) bond motifs is 1. The van der Waals surface area contributed by atoms with Crippen LogP contribution in [-0.2, 0) is 12.8 Å². The van der Waals surface area contributed by atoms with Crippen LogP contribution in [0.5, 0.6) is 0 Å². The van der Waals surface area contributed by atoms with Gasteiger partial charge in [-0.2, -0.15) is 0 Å². The van der Waals surface area contributed by atoms with Crippen molar-refractivity contribution in [3.63, 3.8) is 0 Å². The quantitative estimate of drug-likeness (QED) is 0.722. The first-order valence-corrected chi connectivity index (χ1v) is 5.46. The molecular weight excluding hydrogens is 172 g/mol. The van der Waals surface area contributed by atoms with Crippen LogP contribution < -0.4 is 0 Å². The van der Waals surface area contributed by atoms with Crippen molar-refractivity contribution in [1.82, 2.24) is 0 Å². The van der Waals surface area contributed by atoms with Crippen molar-refractivity contribution in [3.8, 4) is 0 Å². The van der Waals surface area contributed by atoms with Crippen LogP contribution in [0.2, 0.25) is 0 Å². The van der Waals surface area contributed by atoms with Gasteiger partial charge in [0.25, 0.3) is 0 Å². The molecule has 0 fully saturated rings. The van der Waals surface area contributed by atoms with Gasteiger partial charge in [-0.05, 0) is 41.9 Å². The van der Waals surface area contributed by atoms with E-state index in [-0.39, 0.29) is 6.10 Å². The fourth-order valence-electron chi connectivity index (χ4n) is 2.12. The highest BCUT2D eigenvalue weighted by Crippen LogP contribution is 2.25. The van der Waals surface area contributed by atoms with Gasteiger partial charge < -0.3 is 5.11 Å². The minimum absolute atomic E-state index is 0.120. The van der Waals surface area contributed by atoms with E-state index in [0.29, 0.717) is 5.92 Å². The summed E-state index contributed by atoms with van der Waals surface area (Å²) >= 11 is 0. The Kier molecular flexibility index (Phi) is 2.60. The van der Waals surface area contributed by atoms with Crippen LogP contribution in [0.1, 0.15) is 42.9 Å². The molecule has 0 spiro atoms. The van der Waals surface area contributed by atoms with Gasteiger partial charge in [0.1, 0.15) is 0 Å². The third-order valence-electron chi connectivity index (χ3n) is 3.10. The fourth-order valence-corrected chi connectivity index (χ4v) is 2.12. The monoisotopic (exact) mass is 190 g/mol. The van der Waals surface area contributed by atoms with E-state index in [2.05, 4.69) is 32.0 Å². The number of hydrogen-bond acceptors (Lipinski definition) is 1. The largest absolute Gasteiger partial charge is 0.393 e. The van der Waals surface area contributed by atoms with Crippen LogP contribution in [-0.4, -0.2) is 11.2 Å². The third kappa shape index (κ3) is 1.83. The van der Waals surface area contributed by atoms with Crippen molar-refractivity contribution in [1.29, 1.82) is 0 Å². The van der Waals surface area contributed by atoms with Crippen LogP contribution >= 0.6 is 0 Å². The van der Waals surface area contributed by atoms with Gasteiger partial charge in [-0.15, -0.1) is 0 Å². The average Bonchev–Trinajstić information content (AvgIpc) is 2.16. The molecule has 1 unspecified atom stereocenters. The summed E-state index contributed by atoms with van der Waals surface area (Å²) in [6.45, 7) is 4.42. The van der Waals surface area contributed by atoms with Gasteiger partial charge in [0, 0.05) is 0 Å². The highest BCUT2D eigenvalue weighted by Gasteiger charge is 2.16. The first-order chi connectivity index (χ1) is 6.66. The second-order valence-electron chi connectivity index (χ2n) is 4.58. The summed E-state index contributed by atoms with van der Waals surface area (Å²) in [6, 6.07) is 6.72. The Balaban J connectivity index is 2.33. The standard InChI is InChI=1S/C13H18O/c1-9(2)11-4-3-10-5-6-13(14)8-12(10)7-11/h3-4,7,9,13-14H,5-6,8H2,1-2H3. The SMILES string of the molecule is CC(C)c1ccc2c(c1)CC(O)CC2. The minimum atomic E-state index is -0.120. The molecule has 2 rings (SSSR count). The first-order valence-electron chi connectivity index (χ1n) is 5.46. The summed E-state index contributed by atoms with van der Waals surface area (Å²) in [5.74, 6) is 0.583. The summed E-state index contributed by atoms with van der Waals surface area (Å²) in [5.41, 5.74) is 4.17. The van der Waals surface area contributed by atoms with E-state index >= 15 is 0 Å². The molecule has 0 aliphatic heterocycles. The van der Waals surface area contributed by atoms with E-state index in [4.69, 9.17) is 0 Å². The molecule has 0 radical (unpaired) electrons. The number of rotatable bonds is 1. The van der Waals surface area contributed by atoms with Gasteiger partial charge in [-0.3, -0.25) is 0 Å². The van der Waals surface area contributed by atoms with Crippen molar-refractivity contribution in [2.75, 3.05) is 0 Å². The second-order valence-corrected chi connectivity index (χ2v) is 4.58. The van der Waals surface area contributed by atoms with Gasteiger partial charge in [0.15, 0.2) is 0 Å². The molecule has 0 aromatic heterocycles. The van der Waals surface area contributed by atoms with E-state index < -0.39 is 0 Å². The van der Waals surface area contributed by atoms with Gasteiger partial charge in [0.05, 0.1) is 6.10 Å². The van der Waals surface area contributed by atoms with Crippen molar-refractivity contribution < 1.29 is 5.11 Å². The molecule has 0 saturated carbocycles. The lowest BCUT2D eigenvalue weighted by Crippen LogP contribution is -2.18. The highest BCUT2D eigenvalue weighted by molar-refractivity contribution is 5.35. The van der Waals surface area contributed by atoms with E-state index in [9.17, 15) is 5.11 Å². The molecule has 1 aliphatic carbocycles. The number of hydrogen-bond donors (Lipinski definition) is 1. The molecule has 1 heteroatoms. The Bertz CT molecular complexity index is 328. The maximum Gasteiger partial charge on any atom is 0.0583 e. The summed E-state index contributed by atoms with van der Waals surface area (Å²) < 4.78 is 0. The van der Waals surface area contributed by atoms with Crippen molar-refractivity contribution in [2.45, 2.75) is 45.1 Å². The molecule has 76 valence electrons. The highest BCUT2D eigenvalue weighted by atomic mass is 16.3. The normalized spacial score (nSPS) is 21.0. The number of benzene rings is 1. The van der Waals surface area contributed by atoms with E-state index in [1.165, 1.54) is 16.7 Å². The van der Waals surface area contributed by atoms with Crippen LogP contribution in [0.25, 0.3) is 0 Å². The molecule has 1 atom stereocenters. The maximum absolute atomic E-state index is 9.59. The predicted octanol–water partition coefficient (Wildman–Crippen LogP) is 2.66. The van der Waals surface area contributed by atoms with E-state index in [0.717, 1.165) is 19.3 Å². The van der Waals surface area contributed by atoms with Gasteiger partial charge in [0.2, 0.25) is 0 Å². The summed E-state index contributed by atoms with van der Waals surface area (Å²) in [4.78, 5) is 0. The molecule has 0 saturated heterocycles. The molecule has 0 bridgehead atoms. The van der Waals surface area contributed by atoms with Crippen LogP contribution in [0.4, 0.5) is 0 Å². The fraction of sp³-hybridized carbons (Fsp3) is 0.538. The van der Waals surface area contributed by atoms with Gasteiger partial charge in [-0.1, -0.05) is 32.0 Å². The van der Waals surface area contributed by atoms with Crippen molar-refractivity contribution in [2.24, 2.45) is 0 Å². The Hall–Kier alpha value is -0.820. The molecule has 1 N–H and O–H groups in total. The number of aryl methyl sites for hydroxylation is 1. The first kappa shape index (κ1) is 9.72. The van der Waals surface area contributed by atoms with Crippen molar-refractivity contribution >= 4 is 0 Å². The zero-order valence-corrected chi connectivity index (χ0v) is 8.96. The van der Waals surface area contributed by atoms with Crippen LogP contribution in [0.3, 0.4) is 0 Å². The number of aliphatic hydroxyl groups is 1. The van der Waals surface area contributed by atoms with Crippen LogP contribution in [0, 0.1) is 0 Å². The summed E-state index contributed by atoms with van der Waals surface area (Å²) in [5, 5.41) is 9.59. The molecule has 1 aromatic rings. The maximum atomic E-state index is 9.59.